The molecule has 1 aliphatic rings. The van der Waals surface area contributed by atoms with Crippen LogP contribution in [0, 0.1) is 13.8 Å². The third kappa shape index (κ3) is 3.85. The maximum absolute atomic E-state index is 9.44. The highest BCUT2D eigenvalue weighted by Gasteiger charge is 2.28. The standard InChI is InChI=1S/C17H25N5O2/c1-12-9-16(20-17(18)19-12)22-7-6-21(14(10-22)5-8-23)11-15-4-3-13(2)24-15/h3-4,9,14,23H,5-8,10-11H2,1-2H3,(H2,18,19,20). The predicted molar refractivity (Wildman–Crippen MR) is 92.7 cm³/mol. The van der Waals surface area contributed by atoms with E-state index < -0.39 is 0 Å². The monoisotopic (exact) mass is 331 g/mol. The van der Waals surface area contributed by atoms with E-state index in [1.165, 1.54) is 0 Å². The van der Waals surface area contributed by atoms with E-state index in [9.17, 15) is 5.11 Å². The third-order valence-corrected chi connectivity index (χ3v) is 4.40. The molecule has 0 aromatic carbocycles. The van der Waals surface area contributed by atoms with Gasteiger partial charge < -0.3 is 20.2 Å². The molecule has 2 aromatic heterocycles. The largest absolute Gasteiger partial charge is 0.465 e. The van der Waals surface area contributed by atoms with Crippen LogP contribution in [0.2, 0.25) is 0 Å². The van der Waals surface area contributed by atoms with Crippen molar-refractivity contribution in [2.75, 3.05) is 36.9 Å². The van der Waals surface area contributed by atoms with Crippen LogP contribution in [0.4, 0.5) is 11.8 Å². The molecule has 0 spiro atoms. The molecule has 7 nitrogen and oxygen atoms in total. The zero-order valence-electron chi connectivity index (χ0n) is 14.3. The summed E-state index contributed by atoms with van der Waals surface area (Å²) in [6, 6.07) is 6.20. The molecule has 3 rings (SSSR count). The second-order valence-corrected chi connectivity index (χ2v) is 6.32. The minimum atomic E-state index is 0.164. The lowest BCUT2D eigenvalue weighted by Crippen LogP contribution is -2.53. The Morgan fingerprint density at radius 2 is 2.12 bits per heavy atom. The number of nitrogens with two attached hydrogens (primary N) is 1. The smallest absolute Gasteiger partial charge is 0.222 e. The van der Waals surface area contributed by atoms with Gasteiger partial charge in [0.05, 0.1) is 6.54 Å². The summed E-state index contributed by atoms with van der Waals surface area (Å²) in [5, 5.41) is 9.44. The predicted octanol–water partition coefficient (Wildman–Crippen LogP) is 1.34. The molecule has 0 bridgehead atoms. The van der Waals surface area contributed by atoms with Gasteiger partial charge in [-0.3, -0.25) is 4.90 Å². The topological polar surface area (TPSA) is 91.7 Å². The van der Waals surface area contributed by atoms with Crippen molar-refractivity contribution >= 4 is 11.8 Å². The van der Waals surface area contributed by atoms with Gasteiger partial charge in [-0.2, -0.15) is 4.98 Å². The molecule has 3 heterocycles. The summed E-state index contributed by atoms with van der Waals surface area (Å²) in [4.78, 5) is 13.1. The highest BCUT2D eigenvalue weighted by atomic mass is 16.3. The van der Waals surface area contributed by atoms with Gasteiger partial charge in [0.15, 0.2) is 0 Å². The molecule has 2 aromatic rings. The Labute approximate surface area is 142 Å². The van der Waals surface area contributed by atoms with Crippen LogP contribution < -0.4 is 10.6 Å². The van der Waals surface area contributed by atoms with Gasteiger partial charge in [0, 0.05) is 44.0 Å². The van der Waals surface area contributed by atoms with Gasteiger partial charge >= 0.3 is 0 Å². The van der Waals surface area contributed by atoms with Crippen LogP contribution in [0.1, 0.15) is 23.6 Å². The number of aryl methyl sites for hydroxylation is 2. The Morgan fingerprint density at radius 3 is 2.79 bits per heavy atom. The lowest BCUT2D eigenvalue weighted by atomic mass is 10.1. The van der Waals surface area contributed by atoms with E-state index in [-0.39, 0.29) is 12.6 Å². The number of anilines is 2. The molecule has 1 unspecified atom stereocenters. The quantitative estimate of drug-likeness (QED) is 0.854. The molecular weight excluding hydrogens is 306 g/mol. The molecular formula is C17H25N5O2. The van der Waals surface area contributed by atoms with Crippen LogP contribution in [0.25, 0.3) is 0 Å². The number of aromatic nitrogens is 2. The van der Waals surface area contributed by atoms with Crippen LogP contribution in [0.5, 0.6) is 0 Å². The SMILES string of the molecule is Cc1cc(N2CCN(Cc3ccc(C)o3)C(CCO)C2)nc(N)n1. The maximum Gasteiger partial charge on any atom is 0.222 e. The Balaban J connectivity index is 1.72. The van der Waals surface area contributed by atoms with Crippen LogP contribution in [0.15, 0.2) is 22.6 Å². The fourth-order valence-corrected chi connectivity index (χ4v) is 3.24. The highest BCUT2D eigenvalue weighted by molar-refractivity contribution is 5.44. The first-order valence-electron chi connectivity index (χ1n) is 8.31. The van der Waals surface area contributed by atoms with E-state index in [0.29, 0.717) is 5.95 Å². The molecule has 0 saturated carbocycles. The Morgan fingerprint density at radius 1 is 1.29 bits per heavy atom. The molecule has 0 radical (unpaired) electrons. The van der Waals surface area contributed by atoms with E-state index in [1.54, 1.807) is 0 Å². The number of nitrogen functional groups attached to an aromatic ring is 1. The maximum atomic E-state index is 9.44. The number of furan rings is 1. The molecule has 130 valence electrons. The van der Waals surface area contributed by atoms with E-state index in [1.807, 2.05) is 32.0 Å². The number of rotatable bonds is 5. The number of nitrogens with zero attached hydrogens (tertiary/aromatic N) is 4. The van der Waals surface area contributed by atoms with Gasteiger partial charge in [-0.1, -0.05) is 0 Å². The van der Waals surface area contributed by atoms with Gasteiger partial charge in [-0.05, 0) is 32.4 Å². The molecule has 1 aliphatic heterocycles. The fraction of sp³-hybridized carbons (Fsp3) is 0.529. The number of hydrogen-bond acceptors (Lipinski definition) is 7. The zero-order valence-corrected chi connectivity index (χ0v) is 14.3. The van der Waals surface area contributed by atoms with Gasteiger partial charge in [0.2, 0.25) is 5.95 Å². The van der Waals surface area contributed by atoms with E-state index in [4.69, 9.17) is 10.2 Å². The molecule has 3 N–H and O–H groups in total. The van der Waals surface area contributed by atoms with E-state index >= 15 is 0 Å². The van der Waals surface area contributed by atoms with Crippen molar-refractivity contribution in [3.05, 3.63) is 35.4 Å². The van der Waals surface area contributed by atoms with Crippen molar-refractivity contribution < 1.29 is 9.52 Å². The van der Waals surface area contributed by atoms with Gasteiger partial charge in [-0.15, -0.1) is 0 Å². The van der Waals surface area contributed by atoms with Crippen molar-refractivity contribution in [1.82, 2.24) is 14.9 Å². The first-order chi connectivity index (χ1) is 11.5. The zero-order chi connectivity index (χ0) is 17.1. The Kier molecular flexibility index (Phi) is 5.01. The normalized spacial score (nSPS) is 19.0. The first kappa shape index (κ1) is 16.7. The second kappa shape index (κ2) is 7.19. The Hall–Kier alpha value is -2.12. The summed E-state index contributed by atoms with van der Waals surface area (Å²) in [5.41, 5.74) is 6.64. The average Bonchev–Trinajstić information content (AvgIpc) is 2.93. The minimum absolute atomic E-state index is 0.164. The van der Waals surface area contributed by atoms with Crippen molar-refractivity contribution in [2.45, 2.75) is 32.9 Å². The molecule has 7 heteroatoms. The molecule has 1 fully saturated rings. The summed E-state index contributed by atoms with van der Waals surface area (Å²) in [6.45, 7) is 7.34. The molecule has 24 heavy (non-hydrogen) atoms. The van der Waals surface area contributed by atoms with Crippen LogP contribution in [-0.4, -0.2) is 52.3 Å². The second-order valence-electron chi connectivity index (χ2n) is 6.32. The van der Waals surface area contributed by atoms with Crippen molar-refractivity contribution in [1.29, 1.82) is 0 Å². The summed E-state index contributed by atoms with van der Waals surface area (Å²) in [5.74, 6) is 3.05. The highest BCUT2D eigenvalue weighted by Crippen LogP contribution is 2.22. The van der Waals surface area contributed by atoms with E-state index in [0.717, 1.165) is 55.6 Å². The van der Waals surface area contributed by atoms with Crippen LogP contribution in [0.3, 0.4) is 0 Å². The number of aliphatic hydroxyl groups excluding tert-OH is 1. The molecule has 1 atom stereocenters. The van der Waals surface area contributed by atoms with Crippen molar-refractivity contribution in [3.63, 3.8) is 0 Å². The molecule has 1 saturated heterocycles. The lowest BCUT2D eigenvalue weighted by Gasteiger charge is -2.41. The number of aliphatic hydroxyl groups is 1. The number of hydrogen-bond donors (Lipinski definition) is 2. The third-order valence-electron chi connectivity index (χ3n) is 4.40. The summed E-state index contributed by atoms with van der Waals surface area (Å²) in [7, 11) is 0. The van der Waals surface area contributed by atoms with Gasteiger partial charge in [0.1, 0.15) is 17.3 Å². The summed E-state index contributed by atoms with van der Waals surface area (Å²) < 4.78 is 5.70. The van der Waals surface area contributed by atoms with Crippen molar-refractivity contribution in [2.24, 2.45) is 0 Å². The van der Waals surface area contributed by atoms with Crippen LogP contribution in [-0.2, 0) is 6.54 Å². The average molecular weight is 331 g/mol. The van der Waals surface area contributed by atoms with Crippen molar-refractivity contribution in [3.8, 4) is 0 Å². The van der Waals surface area contributed by atoms with Crippen LogP contribution >= 0.6 is 0 Å². The minimum Gasteiger partial charge on any atom is -0.465 e. The first-order valence-corrected chi connectivity index (χ1v) is 8.31. The fourth-order valence-electron chi connectivity index (χ4n) is 3.24. The summed E-state index contributed by atoms with van der Waals surface area (Å²) >= 11 is 0. The molecule has 0 amide bonds. The Bertz CT molecular complexity index is 667. The molecule has 0 aliphatic carbocycles. The lowest BCUT2D eigenvalue weighted by molar-refractivity contribution is 0.126. The van der Waals surface area contributed by atoms with E-state index in [2.05, 4.69) is 19.8 Å². The van der Waals surface area contributed by atoms with Gasteiger partial charge in [-0.25, -0.2) is 4.98 Å². The van der Waals surface area contributed by atoms with Gasteiger partial charge in [0.25, 0.3) is 0 Å². The summed E-state index contributed by atoms with van der Waals surface area (Å²) in [6.07, 6.45) is 0.718. The number of piperazine rings is 1.